The van der Waals surface area contributed by atoms with Crippen LogP contribution in [0.1, 0.15) is 45.0 Å². The molecular formula is C26H28ClN3O3S. The van der Waals surface area contributed by atoms with E-state index >= 15 is 0 Å². The largest absolute Gasteiger partial charge is 0.373 e. The maximum atomic E-state index is 13.1. The van der Waals surface area contributed by atoms with Crippen molar-refractivity contribution >= 4 is 45.4 Å². The third-order valence-corrected chi connectivity index (χ3v) is 7.11. The number of halogens is 1. The van der Waals surface area contributed by atoms with Crippen LogP contribution in [0.4, 0.5) is 10.7 Å². The molecule has 1 aromatic heterocycles. The maximum absolute atomic E-state index is 13.1. The van der Waals surface area contributed by atoms with Crippen molar-refractivity contribution in [3.63, 3.8) is 0 Å². The molecule has 1 fully saturated rings. The van der Waals surface area contributed by atoms with Crippen molar-refractivity contribution in [2.45, 2.75) is 39.5 Å². The average molecular weight is 498 g/mol. The summed E-state index contributed by atoms with van der Waals surface area (Å²) in [6, 6.07) is 16.5. The molecule has 2 amide bonds. The summed E-state index contributed by atoms with van der Waals surface area (Å²) in [7, 11) is 0. The van der Waals surface area contributed by atoms with Crippen molar-refractivity contribution in [1.29, 1.82) is 0 Å². The maximum Gasteiger partial charge on any atom is 0.266 e. The van der Waals surface area contributed by atoms with Crippen LogP contribution in [-0.4, -0.2) is 42.0 Å². The van der Waals surface area contributed by atoms with Gasteiger partial charge in [0.1, 0.15) is 0 Å². The highest BCUT2D eigenvalue weighted by molar-refractivity contribution is 7.18. The van der Waals surface area contributed by atoms with E-state index in [9.17, 15) is 9.59 Å². The number of anilines is 2. The summed E-state index contributed by atoms with van der Waals surface area (Å²) in [5.74, 6) is -0.505. The third kappa shape index (κ3) is 5.85. The Labute approximate surface area is 208 Å². The molecule has 0 saturated carbocycles. The predicted molar refractivity (Wildman–Crippen MR) is 138 cm³/mol. The minimum absolute atomic E-state index is 0.179. The standard InChI is InChI=1S/C26H28ClN3O3S/c1-16-12-23(29-25(31)20-9-5-6-10-21(20)27)34-24(16)26(32)28-22-11-7-4-8-19(22)15-30-13-17(2)33-18(3)14-30/h4-12,17-18H,13-15H2,1-3H3,(H,28,32)(H,29,31). The molecule has 2 unspecified atom stereocenters. The number of benzene rings is 2. The van der Waals surface area contributed by atoms with Crippen molar-refractivity contribution in [2.75, 3.05) is 23.7 Å². The third-order valence-electron chi connectivity index (χ3n) is 5.63. The second-order valence-corrected chi connectivity index (χ2v) is 10.1. The van der Waals surface area contributed by atoms with Gasteiger partial charge in [0.05, 0.1) is 32.7 Å². The van der Waals surface area contributed by atoms with E-state index in [1.165, 1.54) is 11.3 Å². The number of thiophene rings is 1. The molecular weight excluding hydrogens is 470 g/mol. The SMILES string of the molecule is Cc1cc(NC(=O)c2ccccc2Cl)sc1C(=O)Nc1ccccc1CN1CC(C)OC(C)C1. The van der Waals surface area contributed by atoms with E-state index in [4.69, 9.17) is 16.3 Å². The molecule has 1 saturated heterocycles. The number of aryl methyl sites for hydroxylation is 1. The first-order valence-corrected chi connectivity index (χ1v) is 12.4. The first-order chi connectivity index (χ1) is 16.3. The molecule has 1 aliphatic heterocycles. The van der Waals surface area contributed by atoms with Crippen LogP contribution in [0.25, 0.3) is 0 Å². The zero-order chi connectivity index (χ0) is 24.2. The molecule has 2 atom stereocenters. The lowest BCUT2D eigenvalue weighted by Crippen LogP contribution is -2.44. The molecule has 178 valence electrons. The molecule has 0 radical (unpaired) electrons. The lowest BCUT2D eigenvalue weighted by Gasteiger charge is -2.35. The molecule has 0 spiro atoms. The van der Waals surface area contributed by atoms with Crippen LogP contribution in [0.3, 0.4) is 0 Å². The van der Waals surface area contributed by atoms with Gasteiger partial charge in [0, 0.05) is 25.3 Å². The number of amides is 2. The first kappa shape index (κ1) is 24.4. The van der Waals surface area contributed by atoms with E-state index in [-0.39, 0.29) is 24.0 Å². The van der Waals surface area contributed by atoms with Crippen molar-refractivity contribution in [3.8, 4) is 0 Å². The number of hydrogen-bond acceptors (Lipinski definition) is 5. The molecule has 2 heterocycles. The van der Waals surface area contributed by atoms with Gasteiger partial charge in [0.2, 0.25) is 0 Å². The van der Waals surface area contributed by atoms with Gasteiger partial charge in [-0.1, -0.05) is 41.9 Å². The minimum atomic E-state index is -0.307. The first-order valence-electron chi connectivity index (χ1n) is 11.2. The Hall–Kier alpha value is -2.71. The molecule has 4 rings (SSSR count). The number of para-hydroxylation sites is 1. The van der Waals surface area contributed by atoms with Crippen molar-refractivity contribution < 1.29 is 14.3 Å². The van der Waals surface area contributed by atoms with E-state index in [0.29, 0.717) is 20.5 Å². The van der Waals surface area contributed by atoms with Crippen LogP contribution in [0.15, 0.2) is 54.6 Å². The van der Waals surface area contributed by atoms with E-state index in [2.05, 4.69) is 29.4 Å². The summed E-state index contributed by atoms with van der Waals surface area (Å²) in [5.41, 5.74) is 3.03. The summed E-state index contributed by atoms with van der Waals surface area (Å²) in [4.78, 5) is 28.6. The van der Waals surface area contributed by atoms with Gasteiger partial charge >= 0.3 is 0 Å². The number of nitrogens with zero attached hydrogens (tertiary/aromatic N) is 1. The Morgan fingerprint density at radius 2 is 1.71 bits per heavy atom. The van der Waals surface area contributed by atoms with Crippen LogP contribution in [0.2, 0.25) is 5.02 Å². The molecule has 1 aliphatic rings. The van der Waals surface area contributed by atoms with E-state index in [1.807, 2.05) is 31.2 Å². The number of hydrogen-bond donors (Lipinski definition) is 2. The van der Waals surface area contributed by atoms with E-state index in [0.717, 1.165) is 36.4 Å². The molecule has 0 aliphatic carbocycles. The van der Waals surface area contributed by atoms with Gasteiger partial charge in [-0.15, -0.1) is 11.3 Å². The van der Waals surface area contributed by atoms with Gasteiger partial charge in [-0.05, 0) is 56.2 Å². The summed E-state index contributed by atoms with van der Waals surface area (Å²) in [6.07, 6.45) is 0.359. The molecule has 34 heavy (non-hydrogen) atoms. The smallest absolute Gasteiger partial charge is 0.266 e. The molecule has 3 aromatic rings. The summed E-state index contributed by atoms with van der Waals surface area (Å²) in [5, 5.41) is 6.89. The molecule has 6 nitrogen and oxygen atoms in total. The Bertz CT molecular complexity index is 1190. The van der Waals surface area contributed by atoms with Crippen molar-refractivity contribution in [3.05, 3.63) is 81.2 Å². The molecule has 2 aromatic carbocycles. The Balaban J connectivity index is 1.46. The van der Waals surface area contributed by atoms with Crippen LogP contribution in [-0.2, 0) is 11.3 Å². The fourth-order valence-electron chi connectivity index (χ4n) is 4.21. The Morgan fingerprint density at radius 3 is 2.44 bits per heavy atom. The summed E-state index contributed by atoms with van der Waals surface area (Å²) < 4.78 is 5.84. The number of nitrogens with one attached hydrogen (secondary N) is 2. The zero-order valence-electron chi connectivity index (χ0n) is 19.4. The van der Waals surface area contributed by atoms with Crippen LogP contribution >= 0.6 is 22.9 Å². The van der Waals surface area contributed by atoms with Crippen LogP contribution < -0.4 is 10.6 Å². The quantitative estimate of drug-likeness (QED) is 0.450. The van der Waals surface area contributed by atoms with Crippen molar-refractivity contribution in [2.24, 2.45) is 0 Å². The predicted octanol–water partition coefficient (Wildman–Crippen LogP) is 5.82. The normalized spacial score (nSPS) is 18.5. The fourth-order valence-corrected chi connectivity index (χ4v) is 5.39. The van der Waals surface area contributed by atoms with E-state index in [1.54, 1.807) is 30.3 Å². The number of morpholine rings is 1. The highest BCUT2D eigenvalue weighted by atomic mass is 35.5. The lowest BCUT2D eigenvalue weighted by molar-refractivity contribution is -0.0704. The minimum Gasteiger partial charge on any atom is -0.373 e. The average Bonchev–Trinajstić information content (AvgIpc) is 3.14. The summed E-state index contributed by atoms with van der Waals surface area (Å²) in [6.45, 7) is 8.46. The number of rotatable bonds is 6. The van der Waals surface area contributed by atoms with Gasteiger partial charge in [-0.2, -0.15) is 0 Å². The number of carbonyl (C=O) groups is 2. The lowest BCUT2D eigenvalue weighted by atomic mass is 10.1. The molecule has 2 N–H and O–H groups in total. The Kier molecular flexibility index (Phi) is 7.68. The van der Waals surface area contributed by atoms with Crippen LogP contribution in [0, 0.1) is 6.92 Å². The van der Waals surface area contributed by atoms with Gasteiger partial charge in [-0.25, -0.2) is 0 Å². The molecule has 8 heteroatoms. The van der Waals surface area contributed by atoms with Gasteiger partial charge < -0.3 is 15.4 Å². The monoisotopic (exact) mass is 497 g/mol. The van der Waals surface area contributed by atoms with Crippen molar-refractivity contribution in [1.82, 2.24) is 4.90 Å². The highest BCUT2D eigenvalue weighted by Crippen LogP contribution is 2.29. The zero-order valence-corrected chi connectivity index (χ0v) is 21.0. The van der Waals surface area contributed by atoms with Gasteiger partial charge in [0.15, 0.2) is 0 Å². The summed E-state index contributed by atoms with van der Waals surface area (Å²) >= 11 is 7.37. The number of carbonyl (C=O) groups excluding carboxylic acids is 2. The van der Waals surface area contributed by atoms with Crippen LogP contribution in [0.5, 0.6) is 0 Å². The van der Waals surface area contributed by atoms with E-state index < -0.39 is 0 Å². The van der Waals surface area contributed by atoms with Gasteiger partial charge in [-0.3, -0.25) is 14.5 Å². The second kappa shape index (κ2) is 10.7. The number of ether oxygens (including phenoxy) is 1. The fraction of sp³-hybridized carbons (Fsp3) is 0.308. The highest BCUT2D eigenvalue weighted by Gasteiger charge is 2.23. The topological polar surface area (TPSA) is 70.7 Å². The molecule has 0 bridgehead atoms. The van der Waals surface area contributed by atoms with Gasteiger partial charge in [0.25, 0.3) is 11.8 Å². The second-order valence-electron chi connectivity index (χ2n) is 8.62. The Morgan fingerprint density at radius 1 is 1.03 bits per heavy atom.